The van der Waals surface area contributed by atoms with Gasteiger partial charge in [0, 0.05) is 33.2 Å². The van der Waals surface area contributed by atoms with Crippen molar-refractivity contribution in [3.05, 3.63) is 96.7 Å². The molecule has 1 aliphatic carbocycles. The maximum Gasteiger partial charge on any atom is 0.269 e. The summed E-state index contributed by atoms with van der Waals surface area (Å²) in [5.41, 5.74) is 5.96. The van der Waals surface area contributed by atoms with Crippen molar-refractivity contribution >= 4 is 51.8 Å². The van der Waals surface area contributed by atoms with Gasteiger partial charge in [0.1, 0.15) is 11.1 Å². The summed E-state index contributed by atoms with van der Waals surface area (Å²) in [6.45, 7) is 0. The molecule has 3 aromatic heterocycles. The summed E-state index contributed by atoms with van der Waals surface area (Å²) in [6.07, 6.45) is 3.98. The Morgan fingerprint density at radius 1 is 1.12 bits per heavy atom. The van der Waals surface area contributed by atoms with Gasteiger partial charge in [-0.3, -0.25) is 10.1 Å². The number of benzene rings is 1. The van der Waals surface area contributed by atoms with Crippen LogP contribution in [0.1, 0.15) is 33.7 Å². The molecule has 0 bridgehead atoms. The lowest BCUT2D eigenvalue weighted by Crippen LogP contribution is -2.00. The molecule has 0 fully saturated rings. The largest absolute Gasteiger partial charge is 0.269 e. The molecule has 0 N–H and O–H groups in total. The molecule has 4 aromatic rings. The number of aromatic nitrogens is 1. The van der Waals surface area contributed by atoms with E-state index in [0.29, 0.717) is 16.3 Å². The van der Waals surface area contributed by atoms with Crippen LogP contribution >= 0.6 is 34.4 Å². The third kappa shape index (κ3) is 4.35. The number of allylic oxidation sites excluding steroid dienone is 1. The van der Waals surface area contributed by atoms with Crippen molar-refractivity contribution in [2.24, 2.45) is 0 Å². The second kappa shape index (κ2) is 9.32. The fourth-order valence-corrected chi connectivity index (χ4v) is 6.37. The minimum absolute atomic E-state index is 0.0699. The van der Waals surface area contributed by atoms with Gasteiger partial charge < -0.3 is 0 Å². The summed E-state index contributed by atoms with van der Waals surface area (Å²) < 4.78 is 0. The van der Waals surface area contributed by atoms with Gasteiger partial charge in [-0.25, -0.2) is 4.98 Å². The number of rotatable bonds is 6. The van der Waals surface area contributed by atoms with E-state index in [4.69, 9.17) is 4.98 Å². The van der Waals surface area contributed by atoms with Crippen molar-refractivity contribution in [3.8, 4) is 16.5 Å². The first kappa shape index (κ1) is 21.6. The molecule has 0 unspecified atom stereocenters. The van der Waals surface area contributed by atoms with Gasteiger partial charge in [-0.2, -0.15) is 5.26 Å². The van der Waals surface area contributed by atoms with Gasteiger partial charge in [0.05, 0.1) is 16.2 Å². The molecular formula is C25H17N3O2S3. The predicted octanol–water partition coefficient (Wildman–Crippen LogP) is 7.43. The summed E-state index contributed by atoms with van der Waals surface area (Å²) in [6, 6.07) is 17.2. The highest BCUT2D eigenvalue weighted by molar-refractivity contribution is 7.98. The van der Waals surface area contributed by atoms with Crippen LogP contribution < -0.4 is 0 Å². The Labute approximate surface area is 203 Å². The van der Waals surface area contributed by atoms with Crippen molar-refractivity contribution in [1.29, 1.82) is 5.26 Å². The quantitative estimate of drug-likeness (QED) is 0.160. The van der Waals surface area contributed by atoms with Crippen LogP contribution in [0.5, 0.6) is 0 Å². The van der Waals surface area contributed by atoms with E-state index in [9.17, 15) is 15.4 Å². The van der Waals surface area contributed by atoms with Crippen molar-refractivity contribution in [2.45, 2.75) is 23.6 Å². The lowest BCUT2D eigenvalue weighted by atomic mass is 10.0. The molecule has 1 aliphatic rings. The number of hydrogen-bond donors (Lipinski definition) is 0. The molecule has 0 spiro atoms. The number of nitro benzene ring substituents is 1. The Kier molecular flexibility index (Phi) is 6.09. The van der Waals surface area contributed by atoms with Crippen molar-refractivity contribution in [3.63, 3.8) is 0 Å². The molecule has 0 amide bonds. The number of pyridine rings is 1. The summed E-state index contributed by atoms with van der Waals surface area (Å²) in [5.74, 6) is 0.576. The molecule has 0 aliphatic heterocycles. The van der Waals surface area contributed by atoms with Gasteiger partial charge >= 0.3 is 0 Å². The zero-order chi connectivity index (χ0) is 22.8. The van der Waals surface area contributed by atoms with Crippen LogP contribution in [-0.2, 0) is 12.2 Å². The lowest BCUT2D eigenvalue weighted by Gasteiger charge is -2.13. The number of thiophene rings is 2. The van der Waals surface area contributed by atoms with Crippen LogP contribution in [0.2, 0.25) is 0 Å². The number of fused-ring (bicyclic) bond motifs is 1. The highest BCUT2D eigenvalue weighted by Gasteiger charge is 2.27. The molecule has 33 heavy (non-hydrogen) atoms. The Hall–Kier alpha value is -3.25. The number of thioether (sulfide) groups is 1. The van der Waals surface area contributed by atoms with E-state index in [0.717, 1.165) is 40.1 Å². The molecule has 8 heteroatoms. The van der Waals surface area contributed by atoms with Crippen LogP contribution in [0, 0.1) is 21.4 Å². The Balaban J connectivity index is 1.57. The van der Waals surface area contributed by atoms with Crippen molar-refractivity contribution in [2.75, 3.05) is 0 Å². The molecule has 162 valence electrons. The molecule has 3 heterocycles. The van der Waals surface area contributed by atoms with E-state index in [2.05, 4.69) is 29.7 Å². The highest BCUT2D eigenvalue weighted by atomic mass is 32.2. The fourth-order valence-electron chi connectivity index (χ4n) is 3.94. The Morgan fingerprint density at radius 3 is 2.58 bits per heavy atom. The summed E-state index contributed by atoms with van der Waals surface area (Å²) in [7, 11) is 0. The second-order valence-electron chi connectivity index (χ2n) is 7.48. The lowest BCUT2D eigenvalue weighted by molar-refractivity contribution is -0.384. The number of nitrogens with zero attached hydrogens (tertiary/aromatic N) is 3. The van der Waals surface area contributed by atoms with E-state index in [1.807, 2.05) is 17.5 Å². The summed E-state index contributed by atoms with van der Waals surface area (Å²) in [5, 5.41) is 25.8. The SMILES string of the molecule is N#Cc1c(SCc2ccc([N+](=O)[O-])cc2)nc2c(c1-c1cccs1)CC/C2=C\c1cccs1. The number of nitro groups is 1. The Morgan fingerprint density at radius 2 is 1.91 bits per heavy atom. The molecule has 5 rings (SSSR count). The second-order valence-corrected chi connectivity index (χ2v) is 10.4. The number of non-ortho nitro benzene ring substituents is 1. The monoisotopic (exact) mass is 487 g/mol. The maximum absolute atomic E-state index is 10.9. The topological polar surface area (TPSA) is 79.8 Å². The van der Waals surface area contributed by atoms with E-state index < -0.39 is 4.92 Å². The third-order valence-corrected chi connectivity index (χ3v) is 8.23. The highest BCUT2D eigenvalue weighted by Crippen LogP contribution is 2.44. The van der Waals surface area contributed by atoms with Crippen molar-refractivity contribution in [1.82, 2.24) is 4.98 Å². The van der Waals surface area contributed by atoms with E-state index >= 15 is 0 Å². The van der Waals surface area contributed by atoms with Crippen LogP contribution in [-0.4, -0.2) is 9.91 Å². The van der Waals surface area contributed by atoms with Crippen molar-refractivity contribution < 1.29 is 4.92 Å². The first-order chi connectivity index (χ1) is 16.1. The molecule has 0 radical (unpaired) electrons. The van der Waals surface area contributed by atoms with Gasteiger partial charge in [0.15, 0.2) is 0 Å². The molecular weight excluding hydrogens is 470 g/mol. The van der Waals surface area contributed by atoms with Crippen LogP contribution in [0.3, 0.4) is 0 Å². The van der Waals surface area contributed by atoms with Gasteiger partial charge in [-0.1, -0.05) is 24.3 Å². The minimum atomic E-state index is -0.401. The summed E-state index contributed by atoms with van der Waals surface area (Å²) in [4.78, 5) is 17.8. The standard InChI is InChI=1S/C25H17N3O2S3/c26-14-21-23(22-4-2-12-32-22)20-10-7-17(13-19-3-1-11-31-19)24(20)27-25(21)33-15-16-5-8-18(9-6-16)28(29)30/h1-6,8-9,11-13H,7,10,15H2/b17-13+. The first-order valence-corrected chi connectivity index (χ1v) is 13.0. The van der Waals surface area contributed by atoms with E-state index in [1.165, 1.54) is 34.3 Å². The smallest absolute Gasteiger partial charge is 0.258 e. The molecule has 0 atom stereocenters. The number of nitriles is 1. The van der Waals surface area contributed by atoms with Gasteiger partial charge in [-0.15, -0.1) is 34.4 Å². The average molecular weight is 488 g/mol. The van der Waals surface area contributed by atoms with E-state index in [-0.39, 0.29) is 5.69 Å². The fraction of sp³-hybridized carbons (Fsp3) is 0.120. The van der Waals surface area contributed by atoms with E-state index in [1.54, 1.807) is 34.8 Å². The maximum atomic E-state index is 10.9. The normalized spacial score (nSPS) is 13.7. The zero-order valence-corrected chi connectivity index (χ0v) is 19.8. The minimum Gasteiger partial charge on any atom is -0.258 e. The van der Waals surface area contributed by atoms with Crippen LogP contribution in [0.15, 0.2) is 64.3 Å². The Bertz CT molecular complexity index is 1380. The molecule has 1 aromatic carbocycles. The first-order valence-electron chi connectivity index (χ1n) is 10.3. The van der Waals surface area contributed by atoms with Gasteiger partial charge in [0.2, 0.25) is 0 Å². The van der Waals surface area contributed by atoms with Gasteiger partial charge in [-0.05, 0) is 58.5 Å². The van der Waals surface area contributed by atoms with Crippen LogP contribution in [0.4, 0.5) is 5.69 Å². The third-order valence-electron chi connectivity index (χ3n) is 5.48. The predicted molar refractivity (Wildman–Crippen MR) is 135 cm³/mol. The van der Waals surface area contributed by atoms with Crippen LogP contribution in [0.25, 0.3) is 22.1 Å². The summed E-state index contributed by atoms with van der Waals surface area (Å²) >= 11 is 4.84. The zero-order valence-electron chi connectivity index (χ0n) is 17.4. The molecule has 5 nitrogen and oxygen atoms in total. The molecule has 0 saturated heterocycles. The average Bonchev–Trinajstić information content (AvgIpc) is 3.60. The number of hydrogen-bond acceptors (Lipinski definition) is 7. The molecule has 0 saturated carbocycles. The van der Waals surface area contributed by atoms with Gasteiger partial charge in [0.25, 0.3) is 5.69 Å².